The van der Waals surface area contributed by atoms with E-state index in [0.717, 1.165) is 23.5 Å². The van der Waals surface area contributed by atoms with E-state index in [1.165, 1.54) is 11.3 Å². The van der Waals surface area contributed by atoms with Gasteiger partial charge in [0, 0.05) is 31.1 Å². The van der Waals surface area contributed by atoms with Crippen molar-refractivity contribution in [3.05, 3.63) is 21.9 Å². The molecule has 5 nitrogen and oxygen atoms in total. The number of piperazine rings is 1. The molecule has 1 aliphatic heterocycles. The Morgan fingerprint density at radius 3 is 3.16 bits per heavy atom. The van der Waals surface area contributed by atoms with Gasteiger partial charge in [0.15, 0.2) is 0 Å². The molecule has 1 aromatic rings. The maximum Gasteiger partial charge on any atom is 0.238 e. The van der Waals surface area contributed by atoms with E-state index in [9.17, 15) is 9.90 Å². The molecule has 0 spiro atoms. The van der Waals surface area contributed by atoms with Crippen molar-refractivity contribution in [1.29, 1.82) is 0 Å². The third-order valence-corrected chi connectivity index (χ3v) is 4.49. The van der Waals surface area contributed by atoms with E-state index < -0.39 is 6.10 Å². The average molecular weight is 283 g/mol. The molecular weight excluding hydrogens is 262 g/mol. The van der Waals surface area contributed by atoms with Gasteiger partial charge in [0.1, 0.15) is 6.10 Å². The fraction of sp³-hybridized carbons (Fsp3) is 0.615. The SMILES string of the molecule is Cc1ccsc1[C@H](O)CNC(=O)C1CN(C)CCN1. The number of aliphatic hydroxyl groups excluding tert-OH is 1. The molecule has 0 radical (unpaired) electrons. The molecule has 6 heteroatoms. The minimum absolute atomic E-state index is 0.0418. The van der Waals surface area contributed by atoms with Gasteiger partial charge in [-0.15, -0.1) is 11.3 Å². The summed E-state index contributed by atoms with van der Waals surface area (Å²) in [7, 11) is 2.00. The lowest BCUT2D eigenvalue weighted by Crippen LogP contribution is -2.56. The number of aryl methyl sites for hydroxylation is 1. The molecule has 19 heavy (non-hydrogen) atoms. The number of thiophene rings is 1. The number of rotatable bonds is 4. The fourth-order valence-corrected chi connectivity index (χ4v) is 3.12. The maximum atomic E-state index is 12.0. The summed E-state index contributed by atoms with van der Waals surface area (Å²) in [5.74, 6) is -0.0418. The van der Waals surface area contributed by atoms with Gasteiger partial charge in [0.2, 0.25) is 5.91 Å². The number of carbonyl (C=O) groups excluding carboxylic acids is 1. The quantitative estimate of drug-likeness (QED) is 0.734. The topological polar surface area (TPSA) is 64.6 Å². The Kier molecular flexibility index (Phi) is 4.93. The van der Waals surface area contributed by atoms with Crippen LogP contribution in [0.5, 0.6) is 0 Å². The first-order chi connectivity index (χ1) is 9.08. The molecule has 0 bridgehead atoms. The lowest BCUT2D eigenvalue weighted by Gasteiger charge is -2.30. The summed E-state index contributed by atoms with van der Waals surface area (Å²) < 4.78 is 0. The molecule has 3 N–H and O–H groups in total. The van der Waals surface area contributed by atoms with Crippen LogP contribution >= 0.6 is 11.3 Å². The number of likely N-dealkylation sites (N-methyl/N-ethyl adjacent to an activating group) is 1. The van der Waals surface area contributed by atoms with Gasteiger partial charge in [-0.2, -0.15) is 0 Å². The number of hydrogen-bond acceptors (Lipinski definition) is 5. The van der Waals surface area contributed by atoms with Gasteiger partial charge >= 0.3 is 0 Å². The Bertz CT molecular complexity index is 435. The molecule has 1 aromatic heterocycles. The minimum Gasteiger partial charge on any atom is -0.386 e. The molecular formula is C13H21N3O2S. The monoisotopic (exact) mass is 283 g/mol. The third kappa shape index (κ3) is 3.76. The number of hydrogen-bond donors (Lipinski definition) is 3. The highest BCUT2D eigenvalue weighted by atomic mass is 32.1. The van der Waals surface area contributed by atoms with Gasteiger partial charge in [0.05, 0.1) is 6.04 Å². The molecule has 2 atom stereocenters. The maximum absolute atomic E-state index is 12.0. The van der Waals surface area contributed by atoms with Crippen molar-refractivity contribution in [3.63, 3.8) is 0 Å². The lowest BCUT2D eigenvalue weighted by molar-refractivity contribution is -0.124. The largest absolute Gasteiger partial charge is 0.386 e. The number of nitrogens with zero attached hydrogens (tertiary/aromatic N) is 1. The highest BCUT2D eigenvalue weighted by molar-refractivity contribution is 7.10. The van der Waals surface area contributed by atoms with Gasteiger partial charge in [-0.25, -0.2) is 0 Å². The Hall–Kier alpha value is -0.950. The van der Waals surface area contributed by atoms with E-state index in [0.29, 0.717) is 6.54 Å². The van der Waals surface area contributed by atoms with Gasteiger partial charge in [-0.3, -0.25) is 4.79 Å². The van der Waals surface area contributed by atoms with E-state index in [1.807, 2.05) is 25.4 Å². The first-order valence-electron chi connectivity index (χ1n) is 6.49. The molecule has 106 valence electrons. The van der Waals surface area contributed by atoms with Crippen LogP contribution in [0, 0.1) is 6.92 Å². The zero-order valence-electron chi connectivity index (χ0n) is 11.3. The Morgan fingerprint density at radius 1 is 1.74 bits per heavy atom. The Morgan fingerprint density at radius 2 is 2.53 bits per heavy atom. The second-order valence-electron chi connectivity index (χ2n) is 5.00. The summed E-state index contributed by atoms with van der Waals surface area (Å²) in [6.07, 6.45) is -0.620. The van der Waals surface area contributed by atoms with Crippen molar-refractivity contribution in [1.82, 2.24) is 15.5 Å². The van der Waals surface area contributed by atoms with Crippen LogP contribution in [0.15, 0.2) is 11.4 Å². The van der Waals surface area contributed by atoms with Crippen molar-refractivity contribution in [2.45, 2.75) is 19.1 Å². The fourth-order valence-electron chi connectivity index (χ4n) is 2.21. The summed E-state index contributed by atoms with van der Waals surface area (Å²) in [6.45, 7) is 4.72. The number of amides is 1. The molecule has 0 aliphatic carbocycles. The molecule has 1 saturated heterocycles. The smallest absolute Gasteiger partial charge is 0.238 e. The summed E-state index contributed by atoms with van der Waals surface area (Å²) in [5.41, 5.74) is 1.07. The van der Waals surface area contributed by atoms with Crippen LogP contribution in [-0.4, -0.2) is 55.2 Å². The highest BCUT2D eigenvalue weighted by Crippen LogP contribution is 2.23. The highest BCUT2D eigenvalue weighted by Gasteiger charge is 2.24. The molecule has 1 fully saturated rings. The molecule has 0 saturated carbocycles. The van der Waals surface area contributed by atoms with Gasteiger partial charge < -0.3 is 20.6 Å². The summed E-state index contributed by atoms with van der Waals surface area (Å²) in [4.78, 5) is 15.0. The molecule has 1 aliphatic rings. The average Bonchev–Trinajstić information content (AvgIpc) is 2.82. The molecule has 1 unspecified atom stereocenters. The molecule has 1 amide bonds. The number of nitrogens with one attached hydrogen (secondary N) is 2. The zero-order chi connectivity index (χ0) is 13.8. The van der Waals surface area contributed by atoms with Crippen molar-refractivity contribution in [3.8, 4) is 0 Å². The van der Waals surface area contributed by atoms with E-state index in [1.54, 1.807) is 0 Å². The predicted octanol–water partition coefficient (Wildman–Crippen LogP) is 0.110. The molecule has 2 heterocycles. The van der Waals surface area contributed by atoms with Crippen molar-refractivity contribution < 1.29 is 9.90 Å². The first-order valence-corrected chi connectivity index (χ1v) is 7.37. The zero-order valence-corrected chi connectivity index (χ0v) is 12.2. The Labute approximate surface area is 117 Å². The van der Waals surface area contributed by atoms with Crippen LogP contribution in [-0.2, 0) is 4.79 Å². The van der Waals surface area contributed by atoms with E-state index in [2.05, 4.69) is 15.5 Å². The molecule has 2 rings (SSSR count). The third-order valence-electron chi connectivity index (χ3n) is 3.37. The van der Waals surface area contributed by atoms with E-state index >= 15 is 0 Å². The molecule has 0 aromatic carbocycles. The minimum atomic E-state index is -0.620. The number of carbonyl (C=O) groups is 1. The standard InChI is InChI=1S/C13H21N3O2S/c1-9-3-6-19-12(9)11(17)7-15-13(18)10-8-16(2)5-4-14-10/h3,6,10-11,14,17H,4-5,7-8H2,1-2H3,(H,15,18)/t10?,11-/m1/s1. The van der Waals surface area contributed by atoms with E-state index in [-0.39, 0.29) is 18.5 Å². The first kappa shape index (κ1) is 14.5. The van der Waals surface area contributed by atoms with Crippen LogP contribution in [0.25, 0.3) is 0 Å². The lowest BCUT2D eigenvalue weighted by atomic mass is 10.2. The summed E-state index contributed by atoms with van der Waals surface area (Å²) in [5, 5.41) is 18.0. The van der Waals surface area contributed by atoms with Gasteiger partial charge in [-0.1, -0.05) is 0 Å². The van der Waals surface area contributed by atoms with Gasteiger partial charge in [0.25, 0.3) is 0 Å². The van der Waals surface area contributed by atoms with Crippen LogP contribution in [0.1, 0.15) is 16.5 Å². The summed E-state index contributed by atoms with van der Waals surface area (Å²) in [6, 6.07) is 1.79. The van der Waals surface area contributed by atoms with Crippen molar-refractivity contribution in [2.75, 3.05) is 33.2 Å². The van der Waals surface area contributed by atoms with Crippen molar-refractivity contribution in [2.24, 2.45) is 0 Å². The second kappa shape index (κ2) is 6.47. The normalized spacial score (nSPS) is 22.2. The van der Waals surface area contributed by atoms with E-state index in [4.69, 9.17) is 0 Å². The summed E-state index contributed by atoms with van der Waals surface area (Å²) >= 11 is 1.52. The predicted molar refractivity (Wildman–Crippen MR) is 76.3 cm³/mol. The van der Waals surface area contributed by atoms with Crippen molar-refractivity contribution >= 4 is 17.2 Å². The van der Waals surface area contributed by atoms with Gasteiger partial charge in [-0.05, 0) is 31.0 Å². The van der Waals surface area contributed by atoms with Crippen LogP contribution in [0.3, 0.4) is 0 Å². The van der Waals surface area contributed by atoms with Crippen LogP contribution in [0.2, 0.25) is 0 Å². The number of aliphatic hydroxyl groups is 1. The Balaban J connectivity index is 1.81. The van der Waals surface area contributed by atoms with Crippen LogP contribution < -0.4 is 10.6 Å². The van der Waals surface area contributed by atoms with Crippen LogP contribution in [0.4, 0.5) is 0 Å². The second-order valence-corrected chi connectivity index (χ2v) is 5.95.